The van der Waals surface area contributed by atoms with Gasteiger partial charge in [0, 0.05) is 9.89 Å². The Hall–Kier alpha value is -3.94. The van der Waals surface area contributed by atoms with Gasteiger partial charge in [-0.15, -0.1) is 0 Å². The van der Waals surface area contributed by atoms with Crippen LogP contribution in [0.1, 0.15) is 47.2 Å². The highest BCUT2D eigenvalue weighted by Gasteiger charge is 2.56. The lowest BCUT2D eigenvalue weighted by molar-refractivity contribution is 0.637. The van der Waals surface area contributed by atoms with E-state index in [2.05, 4.69) is 145 Å². The van der Waals surface area contributed by atoms with Crippen LogP contribution in [0.15, 0.2) is 120 Å². The highest BCUT2D eigenvalue weighted by Crippen LogP contribution is 2.68. The number of hydrogen-bond acceptors (Lipinski definition) is 0. The topological polar surface area (TPSA) is 0 Å². The van der Waals surface area contributed by atoms with Gasteiger partial charge in [-0.2, -0.15) is 0 Å². The summed E-state index contributed by atoms with van der Waals surface area (Å²) in [4.78, 5) is 0. The zero-order valence-electron chi connectivity index (χ0n) is 21.8. The summed E-state index contributed by atoms with van der Waals surface area (Å²) in [6.45, 7) is 4.87. The molecular weight excluding hydrogens is 536 g/mol. The smallest absolute Gasteiger partial charge is 0.0619 e. The highest BCUT2D eigenvalue weighted by atomic mass is 79.9. The maximum absolute atomic E-state index is 3.80. The van der Waals surface area contributed by atoms with Crippen LogP contribution in [0.25, 0.3) is 44.2 Å². The van der Waals surface area contributed by atoms with Gasteiger partial charge in [-0.3, -0.25) is 0 Å². The van der Waals surface area contributed by atoms with Crippen molar-refractivity contribution in [1.29, 1.82) is 0 Å². The molecule has 3 aliphatic rings. The van der Waals surface area contributed by atoms with Gasteiger partial charge in [0.1, 0.15) is 0 Å². The first-order valence-corrected chi connectivity index (χ1v) is 14.5. The molecule has 0 N–H and O–H groups in total. The van der Waals surface area contributed by atoms with Crippen molar-refractivity contribution >= 4 is 26.7 Å². The van der Waals surface area contributed by atoms with Crippen LogP contribution in [-0.2, 0) is 10.8 Å². The molecule has 1 atom stereocenters. The normalized spacial score (nSPS) is 18.4. The first-order chi connectivity index (χ1) is 19.0. The molecule has 1 heteroatoms. The Kier molecular flexibility index (Phi) is 4.03. The molecule has 0 bridgehead atoms. The third-order valence-corrected chi connectivity index (χ3v) is 10.2. The average Bonchev–Trinajstić information content (AvgIpc) is 3.52. The monoisotopic (exact) mass is 560 g/mol. The number of benzene rings is 6. The van der Waals surface area contributed by atoms with Gasteiger partial charge in [0.15, 0.2) is 0 Å². The standard InChI is InChI=1S/C38H25Br/c1-37(2)29-16-8-6-14-26(29)33-24-12-3-4-13-25(24)34-27-15-7-10-18-31(27)38(36(34)35(33)37)30-17-9-5-11-23(30)28-21-22(39)19-20-32(28)38/h3-21H,1-2H3. The molecule has 6 aromatic rings. The Labute approximate surface area is 237 Å². The van der Waals surface area contributed by atoms with Gasteiger partial charge < -0.3 is 0 Å². The van der Waals surface area contributed by atoms with Crippen molar-refractivity contribution in [3.8, 4) is 33.4 Å². The van der Waals surface area contributed by atoms with E-state index in [9.17, 15) is 0 Å². The fourth-order valence-corrected chi connectivity index (χ4v) is 8.72. The second-order valence-corrected chi connectivity index (χ2v) is 12.7. The minimum Gasteiger partial charge on any atom is -0.0619 e. The molecule has 0 radical (unpaired) electrons. The van der Waals surface area contributed by atoms with E-state index in [1.165, 1.54) is 77.5 Å². The van der Waals surface area contributed by atoms with Crippen molar-refractivity contribution < 1.29 is 0 Å². The molecule has 3 aliphatic carbocycles. The minimum atomic E-state index is -0.369. The number of fused-ring (bicyclic) bond motifs is 17. The maximum Gasteiger partial charge on any atom is 0.0728 e. The van der Waals surface area contributed by atoms with Gasteiger partial charge in [0.2, 0.25) is 0 Å². The van der Waals surface area contributed by atoms with Gasteiger partial charge in [0.05, 0.1) is 5.41 Å². The molecule has 0 heterocycles. The molecule has 0 saturated heterocycles. The minimum absolute atomic E-state index is 0.137. The van der Waals surface area contributed by atoms with Crippen LogP contribution in [0.4, 0.5) is 0 Å². The molecule has 0 saturated carbocycles. The first-order valence-electron chi connectivity index (χ1n) is 13.7. The van der Waals surface area contributed by atoms with Crippen LogP contribution in [0.2, 0.25) is 0 Å². The highest BCUT2D eigenvalue weighted by molar-refractivity contribution is 9.10. The van der Waals surface area contributed by atoms with Gasteiger partial charge in [-0.05, 0) is 89.7 Å². The summed E-state index contributed by atoms with van der Waals surface area (Å²) in [6, 6.07) is 43.4. The SMILES string of the molecule is CC1(C)c2ccccc2-c2c1c1c(c3ccccc23)-c2ccccc2C12c1ccccc1-c1cc(Br)ccc12. The molecule has 0 nitrogen and oxygen atoms in total. The quantitative estimate of drug-likeness (QED) is 0.173. The third-order valence-electron chi connectivity index (χ3n) is 9.69. The summed E-state index contributed by atoms with van der Waals surface area (Å²) >= 11 is 3.80. The van der Waals surface area contributed by atoms with E-state index in [-0.39, 0.29) is 10.8 Å². The van der Waals surface area contributed by atoms with Gasteiger partial charge in [-0.1, -0.05) is 133 Å². The molecule has 39 heavy (non-hydrogen) atoms. The summed E-state index contributed by atoms with van der Waals surface area (Å²) in [7, 11) is 0. The number of hydrogen-bond donors (Lipinski definition) is 0. The zero-order valence-corrected chi connectivity index (χ0v) is 23.4. The lowest BCUT2D eigenvalue weighted by atomic mass is 9.65. The van der Waals surface area contributed by atoms with E-state index >= 15 is 0 Å². The molecule has 1 unspecified atom stereocenters. The Bertz CT molecular complexity index is 2060. The van der Waals surface area contributed by atoms with E-state index in [1.807, 2.05) is 0 Å². The van der Waals surface area contributed by atoms with E-state index < -0.39 is 0 Å². The molecule has 0 fully saturated rings. The summed E-state index contributed by atoms with van der Waals surface area (Å²) < 4.78 is 1.12. The molecule has 6 aromatic carbocycles. The lowest BCUT2D eigenvalue weighted by Gasteiger charge is -2.35. The van der Waals surface area contributed by atoms with E-state index in [0.717, 1.165) is 4.47 Å². The van der Waals surface area contributed by atoms with E-state index in [1.54, 1.807) is 0 Å². The van der Waals surface area contributed by atoms with E-state index in [0.29, 0.717) is 0 Å². The maximum atomic E-state index is 3.80. The molecule has 1 spiro atoms. The van der Waals surface area contributed by atoms with Crippen LogP contribution >= 0.6 is 15.9 Å². The fraction of sp³-hybridized carbons (Fsp3) is 0.105. The molecule has 9 rings (SSSR count). The van der Waals surface area contributed by atoms with Crippen LogP contribution in [0.5, 0.6) is 0 Å². The van der Waals surface area contributed by atoms with Crippen LogP contribution in [0.3, 0.4) is 0 Å². The van der Waals surface area contributed by atoms with Crippen molar-refractivity contribution in [3.63, 3.8) is 0 Å². The second kappa shape index (κ2) is 7.17. The number of rotatable bonds is 0. The Morgan fingerprint density at radius 3 is 1.64 bits per heavy atom. The Morgan fingerprint density at radius 1 is 0.462 bits per heavy atom. The predicted octanol–water partition coefficient (Wildman–Crippen LogP) is 10.3. The summed E-state index contributed by atoms with van der Waals surface area (Å²) in [5.41, 5.74) is 16.3. The summed E-state index contributed by atoms with van der Waals surface area (Å²) in [6.07, 6.45) is 0. The van der Waals surface area contributed by atoms with Gasteiger partial charge >= 0.3 is 0 Å². The zero-order chi connectivity index (χ0) is 26.1. The largest absolute Gasteiger partial charge is 0.0728 e. The average molecular weight is 562 g/mol. The Morgan fingerprint density at radius 2 is 0.949 bits per heavy atom. The van der Waals surface area contributed by atoms with Crippen LogP contribution in [-0.4, -0.2) is 0 Å². The summed E-state index contributed by atoms with van der Waals surface area (Å²) in [5.74, 6) is 0. The molecule has 0 aliphatic heterocycles. The van der Waals surface area contributed by atoms with E-state index in [4.69, 9.17) is 0 Å². The first kappa shape index (κ1) is 21.9. The van der Waals surface area contributed by atoms with Crippen molar-refractivity contribution in [2.75, 3.05) is 0 Å². The molecular formula is C38H25Br. The number of halogens is 1. The third kappa shape index (κ3) is 2.39. The Balaban J connectivity index is 1.60. The van der Waals surface area contributed by atoms with Gasteiger partial charge in [-0.25, -0.2) is 0 Å². The summed E-state index contributed by atoms with van der Waals surface area (Å²) in [5, 5.41) is 2.71. The van der Waals surface area contributed by atoms with Gasteiger partial charge in [0.25, 0.3) is 0 Å². The molecule has 184 valence electrons. The molecule has 0 amide bonds. The van der Waals surface area contributed by atoms with Crippen molar-refractivity contribution in [3.05, 3.63) is 153 Å². The molecule has 0 aromatic heterocycles. The fourth-order valence-electron chi connectivity index (χ4n) is 8.36. The second-order valence-electron chi connectivity index (χ2n) is 11.7. The van der Waals surface area contributed by atoms with Crippen LogP contribution < -0.4 is 0 Å². The lowest BCUT2D eigenvalue weighted by Crippen LogP contribution is -2.30. The van der Waals surface area contributed by atoms with Crippen molar-refractivity contribution in [2.45, 2.75) is 24.7 Å². The van der Waals surface area contributed by atoms with Crippen molar-refractivity contribution in [1.82, 2.24) is 0 Å². The predicted molar refractivity (Wildman–Crippen MR) is 166 cm³/mol. The van der Waals surface area contributed by atoms with Crippen molar-refractivity contribution in [2.24, 2.45) is 0 Å². The van der Waals surface area contributed by atoms with Crippen LogP contribution in [0, 0.1) is 0 Å².